The van der Waals surface area contributed by atoms with Gasteiger partial charge in [-0.25, -0.2) is 4.79 Å². The number of carbonyl (C=O) groups is 1. The molecule has 2 atom stereocenters. The number of hydrogen-bond donors (Lipinski definition) is 1. The predicted molar refractivity (Wildman–Crippen MR) is 85.0 cm³/mol. The Hall–Kier alpha value is -1.35. The highest BCUT2D eigenvalue weighted by molar-refractivity contribution is 5.77. The molecule has 2 unspecified atom stereocenters. The van der Waals surface area contributed by atoms with Crippen LogP contribution in [0.3, 0.4) is 0 Å². The number of hydrogen-bond acceptors (Lipinski definition) is 3. The Kier molecular flexibility index (Phi) is 5.40. The lowest BCUT2D eigenvalue weighted by molar-refractivity contribution is -0.146. The Balaban J connectivity index is 2.11. The summed E-state index contributed by atoms with van der Waals surface area (Å²) in [6.45, 7) is 6.88. The number of carbonyl (C=O) groups excluding carboxylic acids is 1. The molecule has 1 aliphatic carbocycles. The minimum Gasteiger partial charge on any atom is -0.465 e. The lowest BCUT2D eigenvalue weighted by atomic mass is 9.75. The summed E-state index contributed by atoms with van der Waals surface area (Å²) in [5.41, 5.74) is 1.34. The fraction of sp³-hybridized carbons (Fsp3) is 0.611. The average molecular weight is 289 g/mol. The van der Waals surface area contributed by atoms with Crippen LogP contribution in [-0.2, 0) is 9.53 Å². The second-order valence-electron chi connectivity index (χ2n) is 6.72. The highest BCUT2D eigenvalue weighted by Gasteiger charge is 2.31. The van der Waals surface area contributed by atoms with Gasteiger partial charge in [-0.2, -0.15) is 0 Å². The van der Waals surface area contributed by atoms with E-state index in [1.54, 1.807) is 0 Å². The smallest absolute Gasteiger partial charge is 0.327 e. The van der Waals surface area contributed by atoms with Crippen molar-refractivity contribution in [3.63, 3.8) is 0 Å². The maximum atomic E-state index is 12.3. The topological polar surface area (TPSA) is 38.3 Å². The average Bonchev–Trinajstić information content (AvgIpc) is 2.45. The number of esters is 1. The van der Waals surface area contributed by atoms with Gasteiger partial charge < -0.3 is 4.74 Å². The fourth-order valence-corrected chi connectivity index (χ4v) is 3.25. The van der Waals surface area contributed by atoms with Crippen LogP contribution in [0.2, 0.25) is 0 Å². The Morgan fingerprint density at radius 3 is 2.71 bits per heavy atom. The molecule has 21 heavy (non-hydrogen) atoms. The SMILES string of the molecule is CCOC(=O)C(NC1CCCC(C)(C)C1)c1ccccc1. The Morgan fingerprint density at radius 2 is 2.10 bits per heavy atom. The van der Waals surface area contributed by atoms with E-state index in [0.29, 0.717) is 18.1 Å². The Morgan fingerprint density at radius 1 is 1.38 bits per heavy atom. The summed E-state index contributed by atoms with van der Waals surface area (Å²) in [6.07, 6.45) is 4.72. The van der Waals surface area contributed by atoms with E-state index in [1.807, 2.05) is 37.3 Å². The summed E-state index contributed by atoms with van der Waals surface area (Å²) in [5.74, 6) is -0.174. The first-order valence-electron chi connectivity index (χ1n) is 7.99. The highest BCUT2D eigenvalue weighted by Crippen LogP contribution is 2.36. The number of benzene rings is 1. The molecule has 3 heteroatoms. The van der Waals surface area contributed by atoms with E-state index in [4.69, 9.17) is 4.74 Å². The van der Waals surface area contributed by atoms with Gasteiger partial charge in [0.2, 0.25) is 0 Å². The first kappa shape index (κ1) is 16.0. The van der Waals surface area contributed by atoms with Crippen LogP contribution in [-0.4, -0.2) is 18.6 Å². The molecule has 1 aromatic rings. The van der Waals surface area contributed by atoms with Crippen molar-refractivity contribution in [3.05, 3.63) is 35.9 Å². The van der Waals surface area contributed by atoms with Gasteiger partial charge in [-0.3, -0.25) is 5.32 Å². The van der Waals surface area contributed by atoms with Gasteiger partial charge in [0, 0.05) is 6.04 Å². The second kappa shape index (κ2) is 7.08. The van der Waals surface area contributed by atoms with Crippen LogP contribution in [0.1, 0.15) is 58.1 Å². The first-order chi connectivity index (χ1) is 10.0. The molecule has 0 radical (unpaired) electrons. The molecule has 0 spiro atoms. The van der Waals surface area contributed by atoms with Crippen molar-refractivity contribution in [2.45, 2.75) is 58.5 Å². The molecular formula is C18H27NO2. The summed E-state index contributed by atoms with van der Waals surface area (Å²) in [6, 6.07) is 9.90. The van der Waals surface area contributed by atoms with E-state index in [0.717, 1.165) is 18.4 Å². The normalized spacial score (nSPS) is 22.5. The van der Waals surface area contributed by atoms with Crippen molar-refractivity contribution in [1.82, 2.24) is 5.32 Å². The molecule has 1 aromatic carbocycles. The van der Waals surface area contributed by atoms with Gasteiger partial charge in [-0.1, -0.05) is 50.6 Å². The molecule has 1 saturated carbocycles. The van der Waals surface area contributed by atoms with Crippen molar-refractivity contribution in [1.29, 1.82) is 0 Å². The van der Waals surface area contributed by atoms with Gasteiger partial charge in [-0.05, 0) is 37.2 Å². The number of rotatable bonds is 5. The van der Waals surface area contributed by atoms with Gasteiger partial charge >= 0.3 is 5.97 Å². The molecule has 0 bridgehead atoms. The minimum atomic E-state index is -0.356. The summed E-state index contributed by atoms with van der Waals surface area (Å²) < 4.78 is 5.25. The van der Waals surface area contributed by atoms with Crippen LogP contribution in [0.15, 0.2) is 30.3 Å². The summed E-state index contributed by atoms with van der Waals surface area (Å²) in [5, 5.41) is 3.54. The van der Waals surface area contributed by atoms with E-state index >= 15 is 0 Å². The molecular weight excluding hydrogens is 262 g/mol. The third-order valence-electron chi connectivity index (χ3n) is 4.26. The maximum Gasteiger partial charge on any atom is 0.327 e. The molecule has 0 aliphatic heterocycles. The number of nitrogens with one attached hydrogen (secondary N) is 1. The number of ether oxygens (including phenoxy) is 1. The molecule has 116 valence electrons. The molecule has 1 N–H and O–H groups in total. The largest absolute Gasteiger partial charge is 0.465 e. The van der Waals surface area contributed by atoms with Crippen LogP contribution in [0.5, 0.6) is 0 Å². The monoisotopic (exact) mass is 289 g/mol. The predicted octanol–water partition coefficient (Wildman–Crippen LogP) is 3.85. The molecule has 0 saturated heterocycles. The quantitative estimate of drug-likeness (QED) is 0.837. The molecule has 0 heterocycles. The van der Waals surface area contributed by atoms with Crippen LogP contribution in [0.4, 0.5) is 0 Å². The van der Waals surface area contributed by atoms with Crippen molar-refractivity contribution in [2.24, 2.45) is 5.41 Å². The van der Waals surface area contributed by atoms with Gasteiger partial charge in [0.1, 0.15) is 6.04 Å². The van der Waals surface area contributed by atoms with Gasteiger partial charge in [0.25, 0.3) is 0 Å². The van der Waals surface area contributed by atoms with E-state index < -0.39 is 0 Å². The lowest BCUT2D eigenvalue weighted by Crippen LogP contribution is -2.42. The van der Waals surface area contributed by atoms with Crippen molar-refractivity contribution in [3.8, 4) is 0 Å². The summed E-state index contributed by atoms with van der Waals surface area (Å²) in [4.78, 5) is 12.3. The van der Waals surface area contributed by atoms with Gasteiger partial charge in [-0.15, -0.1) is 0 Å². The minimum absolute atomic E-state index is 0.174. The fourth-order valence-electron chi connectivity index (χ4n) is 3.25. The van der Waals surface area contributed by atoms with Crippen molar-refractivity contribution in [2.75, 3.05) is 6.61 Å². The molecule has 0 aromatic heterocycles. The summed E-state index contributed by atoms with van der Waals surface area (Å²) >= 11 is 0. The van der Waals surface area contributed by atoms with Gasteiger partial charge in [0.05, 0.1) is 6.61 Å². The third-order valence-corrected chi connectivity index (χ3v) is 4.26. The van der Waals surface area contributed by atoms with E-state index in [-0.39, 0.29) is 12.0 Å². The standard InChI is InChI=1S/C18H27NO2/c1-4-21-17(20)16(14-9-6-5-7-10-14)19-15-11-8-12-18(2,3)13-15/h5-7,9-10,15-16,19H,4,8,11-13H2,1-3H3. The molecule has 1 fully saturated rings. The van der Waals surface area contributed by atoms with Gasteiger partial charge in [0.15, 0.2) is 0 Å². The van der Waals surface area contributed by atoms with Crippen LogP contribution in [0, 0.1) is 5.41 Å². The zero-order chi connectivity index (χ0) is 15.3. The lowest BCUT2D eigenvalue weighted by Gasteiger charge is -2.37. The van der Waals surface area contributed by atoms with Crippen LogP contribution < -0.4 is 5.32 Å². The molecule has 2 rings (SSSR count). The molecule has 3 nitrogen and oxygen atoms in total. The molecule has 1 aliphatic rings. The second-order valence-corrected chi connectivity index (χ2v) is 6.72. The summed E-state index contributed by atoms with van der Waals surface area (Å²) in [7, 11) is 0. The van der Waals surface area contributed by atoms with Crippen molar-refractivity contribution >= 4 is 5.97 Å². The Bertz CT molecular complexity index is 456. The van der Waals surface area contributed by atoms with Crippen LogP contribution in [0.25, 0.3) is 0 Å². The third kappa shape index (κ3) is 4.57. The van der Waals surface area contributed by atoms with Crippen molar-refractivity contribution < 1.29 is 9.53 Å². The van der Waals surface area contributed by atoms with Crippen LogP contribution >= 0.6 is 0 Å². The van der Waals surface area contributed by atoms with E-state index in [9.17, 15) is 4.79 Å². The van der Waals surface area contributed by atoms with E-state index in [2.05, 4.69) is 19.2 Å². The maximum absolute atomic E-state index is 12.3. The zero-order valence-corrected chi connectivity index (χ0v) is 13.4. The first-order valence-corrected chi connectivity index (χ1v) is 7.99. The highest BCUT2D eigenvalue weighted by atomic mass is 16.5. The van der Waals surface area contributed by atoms with E-state index in [1.165, 1.54) is 12.8 Å². The zero-order valence-electron chi connectivity index (χ0n) is 13.4. The Labute approximate surface area is 128 Å². The molecule has 0 amide bonds.